The van der Waals surface area contributed by atoms with Gasteiger partial charge in [-0.25, -0.2) is 8.42 Å². The second-order valence-electron chi connectivity index (χ2n) is 3.54. The molecule has 16 heavy (non-hydrogen) atoms. The summed E-state index contributed by atoms with van der Waals surface area (Å²) in [6.45, 7) is 0. The lowest BCUT2D eigenvalue weighted by Gasteiger charge is -2.03. The van der Waals surface area contributed by atoms with Crippen molar-refractivity contribution in [3.8, 4) is 0 Å². The molecular formula is C10H12ClNO3S. The van der Waals surface area contributed by atoms with Crippen molar-refractivity contribution in [2.45, 2.75) is 6.42 Å². The quantitative estimate of drug-likeness (QED) is 0.659. The zero-order valence-electron chi connectivity index (χ0n) is 8.73. The third-order valence-electron chi connectivity index (χ3n) is 2.02. The molecule has 6 heteroatoms. The molecule has 0 heterocycles. The summed E-state index contributed by atoms with van der Waals surface area (Å²) in [5.41, 5.74) is 6.23. The Balaban J connectivity index is 2.78. The molecule has 0 fully saturated rings. The standard InChI is InChI=1S/C10H12ClNO3S/c1-16(14,15)5-4-10(13)7-2-3-8(11)9(12)6-7/h2-3,6H,4-5,12H2,1H3. The van der Waals surface area contributed by atoms with Gasteiger partial charge < -0.3 is 5.73 Å². The number of anilines is 1. The molecule has 1 aromatic rings. The summed E-state index contributed by atoms with van der Waals surface area (Å²) in [5, 5.41) is 0.375. The predicted octanol–water partition coefficient (Wildman–Crippen LogP) is 1.54. The van der Waals surface area contributed by atoms with Crippen LogP contribution in [0.25, 0.3) is 0 Å². The highest BCUT2D eigenvalue weighted by Gasteiger charge is 2.11. The Labute approximate surface area is 99.3 Å². The predicted molar refractivity (Wildman–Crippen MR) is 64.5 cm³/mol. The maximum Gasteiger partial charge on any atom is 0.163 e. The molecule has 0 aliphatic rings. The molecule has 88 valence electrons. The van der Waals surface area contributed by atoms with Crippen LogP contribution < -0.4 is 5.73 Å². The van der Waals surface area contributed by atoms with E-state index in [0.29, 0.717) is 16.3 Å². The fourth-order valence-corrected chi connectivity index (χ4v) is 1.81. The van der Waals surface area contributed by atoms with Crippen molar-refractivity contribution in [1.82, 2.24) is 0 Å². The highest BCUT2D eigenvalue weighted by atomic mass is 35.5. The van der Waals surface area contributed by atoms with Crippen molar-refractivity contribution < 1.29 is 13.2 Å². The number of rotatable bonds is 4. The molecule has 0 atom stereocenters. The van der Waals surface area contributed by atoms with Gasteiger partial charge in [-0.05, 0) is 18.2 Å². The van der Waals surface area contributed by atoms with Gasteiger partial charge in [0.1, 0.15) is 9.84 Å². The maximum absolute atomic E-state index is 11.6. The van der Waals surface area contributed by atoms with Crippen LogP contribution in [0.15, 0.2) is 18.2 Å². The van der Waals surface area contributed by atoms with E-state index in [1.54, 1.807) is 0 Å². The maximum atomic E-state index is 11.6. The lowest BCUT2D eigenvalue weighted by atomic mass is 10.1. The van der Waals surface area contributed by atoms with E-state index in [1.807, 2.05) is 0 Å². The molecule has 0 unspecified atom stereocenters. The average molecular weight is 262 g/mol. The lowest BCUT2D eigenvalue weighted by Crippen LogP contribution is -2.09. The summed E-state index contributed by atoms with van der Waals surface area (Å²) >= 11 is 5.70. The largest absolute Gasteiger partial charge is 0.398 e. The summed E-state index contributed by atoms with van der Waals surface area (Å²) in [6.07, 6.45) is 1.05. The van der Waals surface area contributed by atoms with Crippen LogP contribution in [0.4, 0.5) is 5.69 Å². The van der Waals surface area contributed by atoms with Crippen molar-refractivity contribution in [1.29, 1.82) is 0 Å². The van der Waals surface area contributed by atoms with Gasteiger partial charge in [-0.2, -0.15) is 0 Å². The Morgan fingerprint density at radius 1 is 1.44 bits per heavy atom. The second kappa shape index (κ2) is 4.84. The van der Waals surface area contributed by atoms with E-state index in [1.165, 1.54) is 18.2 Å². The fourth-order valence-electron chi connectivity index (χ4n) is 1.14. The molecule has 0 radical (unpaired) electrons. The average Bonchev–Trinajstić information content (AvgIpc) is 2.17. The van der Waals surface area contributed by atoms with Crippen LogP contribution in [0.3, 0.4) is 0 Å². The normalized spacial score (nSPS) is 11.4. The number of halogens is 1. The minimum atomic E-state index is -3.12. The Morgan fingerprint density at radius 3 is 2.56 bits per heavy atom. The van der Waals surface area contributed by atoms with Crippen LogP contribution in [0.2, 0.25) is 5.02 Å². The fraction of sp³-hybridized carbons (Fsp3) is 0.300. The third kappa shape index (κ3) is 3.83. The molecule has 0 spiro atoms. The molecule has 1 rings (SSSR count). The highest BCUT2D eigenvalue weighted by molar-refractivity contribution is 7.90. The number of nitrogens with two attached hydrogens (primary N) is 1. The summed E-state index contributed by atoms with van der Waals surface area (Å²) in [6, 6.07) is 4.50. The number of nitrogen functional groups attached to an aromatic ring is 1. The Morgan fingerprint density at radius 2 is 2.06 bits per heavy atom. The molecule has 0 saturated carbocycles. The zero-order chi connectivity index (χ0) is 12.3. The topological polar surface area (TPSA) is 77.2 Å². The first-order valence-electron chi connectivity index (χ1n) is 4.55. The van der Waals surface area contributed by atoms with Crippen LogP contribution in [-0.2, 0) is 9.84 Å². The van der Waals surface area contributed by atoms with Crippen molar-refractivity contribution in [2.24, 2.45) is 0 Å². The minimum Gasteiger partial charge on any atom is -0.398 e. The van der Waals surface area contributed by atoms with Crippen LogP contribution in [0.1, 0.15) is 16.8 Å². The molecule has 4 nitrogen and oxygen atoms in total. The van der Waals surface area contributed by atoms with Crippen LogP contribution in [-0.4, -0.2) is 26.2 Å². The summed E-state index contributed by atoms with van der Waals surface area (Å²) in [7, 11) is -3.12. The monoisotopic (exact) mass is 261 g/mol. The number of ketones is 1. The van der Waals surface area contributed by atoms with Gasteiger partial charge in [0.25, 0.3) is 0 Å². The molecule has 0 amide bonds. The smallest absolute Gasteiger partial charge is 0.163 e. The van der Waals surface area contributed by atoms with Crippen molar-refractivity contribution in [3.63, 3.8) is 0 Å². The number of hydrogen-bond acceptors (Lipinski definition) is 4. The molecule has 2 N–H and O–H groups in total. The first kappa shape index (κ1) is 13.0. The van der Waals surface area contributed by atoms with Gasteiger partial charge in [0, 0.05) is 18.2 Å². The number of carbonyl (C=O) groups excluding carboxylic acids is 1. The summed E-state index contributed by atoms with van der Waals surface area (Å²) < 4.78 is 21.8. The van der Waals surface area contributed by atoms with E-state index in [9.17, 15) is 13.2 Å². The molecule has 0 bridgehead atoms. The first-order chi connectivity index (χ1) is 7.29. The van der Waals surface area contributed by atoms with Crippen LogP contribution >= 0.6 is 11.6 Å². The Kier molecular flexibility index (Phi) is 3.93. The molecule has 0 aliphatic heterocycles. The van der Waals surface area contributed by atoms with Gasteiger partial charge in [-0.1, -0.05) is 11.6 Å². The third-order valence-corrected chi connectivity index (χ3v) is 3.31. The van der Waals surface area contributed by atoms with E-state index in [0.717, 1.165) is 6.26 Å². The highest BCUT2D eigenvalue weighted by Crippen LogP contribution is 2.20. The van der Waals surface area contributed by atoms with Crippen molar-refractivity contribution in [3.05, 3.63) is 28.8 Å². The summed E-state index contributed by atoms with van der Waals surface area (Å²) in [5.74, 6) is -0.414. The van der Waals surface area contributed by atoms with Crippen molar-refractivity contribution >= 4 is 32.9 Å². The molecule has 0 aromatic heterocycles. The SMILES string of the molecule is CS(=O)(=O)CCC(=O)c1ccc(Cl)c(N)c1. The Hall–Kier alpha value is -1.07. The van der Waals surface area contributed by atoms with Crippen LogP contribution in [0.5, 0.6) is 0 Å². The van der Waals surface area contributed by atoms with E-state index in [2.05, 4.69) is 0 Å². The van der Waals surface area contributed by atoms with Crippen molar-refractivity contribution in [2.75, 3.05) is 17.7 Å². The number of Topliss-reactive ketones (excluding diaryl/α,β-unsaturated/α-hetero) is 1. The number of carbonyl (C=O) groups is 1. The van der Waals surface area contributed by atoms with E-state index >= 15 is 0 Å². The number of benzene rings is 1. The molecule has 1 aromatic carbocycles. The first-order valence-corrected chi connectivity index (χ1v) is 6.99. The zero-order valence-corrected chi connectivity index (χ0v) is 10.3. The van der Waals surface area contributed by atoms with E-state index < -0.39 is 9.84 Å². The second-order valence-corrected chi connectivity index (χ2v) is 6.21. The van der Waals surface area contributed by atoms with Gasteiger partial charge in [-0.3, -0.25) is 4.79 Å². The van der Waals surface area contributed by atoms with E-state index in [4.69, 9.17) is 17.3 Å². The number of hydrogen-bond donors (Lipinski definition) is 1. The molecular weight excluding hydrogens is 250 g/mol. The van der Waals surface area contributed by atoms with Crippen LogP contribution in [0, 0.1) is 0 Å². The molecule has 0 aliphatic carbocycles. The van der Waals surface area contributed by atoms with E-state index in [-0.39, 0.29) is 18.0 Å². The Bertz CT molecular complexity index is 511. The lowest BCUT2D eigenvalue weighted by molar-refractivity contribution is 0.0989. The van der Waals surface area contributed by atoms with Gasteiger partial charge in [0.05, 0.1) is 16.5 Å². The van der Waals surface area contributed by atoms with Gasteiger partial charge in [-0.15, -0.1) is 0 Å². The van der Waals surface area contributed by atoms with Gasteiger partial charge >= 0.3 is 0 Å². The number of sulfone groups is 1. The minimum absolute atomic E-state index is 0.0418. The summed E-state index contributed by atoms with van der Waals surface area (Å²) in [4.78, 5) is 11.6. The molecule has 0 saturated heterocycles. The van der Waals surface area contributed by atoms with Gasteiger partial charge in [0.15, 0.2) is 5.78 Å². The van der Waals surface area contributed by atoms with Gasteiger partial charge in [0.2, 0.25) is 0 Å².